The Morgan fingerprint density at radius 3 is 3.19 bits per heavy atom. The molecule has 0 saturated carbocycles. The van der Waals surface area contributed by atoms with Gasteiger partial charge in [-0.25, -0.2) is 0 Å². The van der Waals surface area contributed by atoms with Crippen LogP contribution in [0.4, 0.5) is 0 Å². The van der Waals surface area contributed by atoms with Gasteiger partial charge in [0, 0.05) is 6.54 Å². The zero-order valence-corrected chi connectivity index (χ0v) is 10.3. The number of amides is 1. The zero-order valence-electron chi connectivity index (χ0n) is 9.48. The van der Waals surface area contributed by atoms with Crippen LogP contribution in [-0.4, -0.2) is 35.1 Å². The van der Waals surface area contributed by atoms with Crippen molar-refractivity contribution in [2.75, 3.05) is 13.2 Å². The smallest absolute Gasteiger partial charge is 0.264 e. The first-order chi connectivity index (χ1) is 7.77. The molecule has 1 atom stereocenters. The summed E-state index contributed by atoms with van der Waals surface area (Å²) in [5, 5.41) is 11.2. The molecule has 2 heterocycles. The molecule has 1 saturated heterocycles. The second-order valence-electron chi connectivity index (χ2n) is 4.11. The predicted octanol–water partition coefficient (Wildman–Crippen LogP) is 1.91. The number of aliphatic hydroxyl groups is 1. The maximum absolute atomic E-state index is 12.3. The number of hydrogen-bond donors (Lipinski definition) is 1. The van der Waals surface area contributed by atoms with Crippen LogP contribution in [-0.2, 0) is 6.42 Å². The maximum Gasteiger partial charge on any atom is 0.264 e. The van der Waals surface area contributed by atoms with Gasteiger partial charge in [0.05, 0.1) is 17.5 Å². The van der Waals surface area contributed by atoms with E-state index < -0.39 is 0 Å². The lowest BCUT2D eigenvalue weighted by molar-refractivity contribution is 0.0681. The van der Waals surface area contributed by atoms with Gasteiger partial charge in [-0.05, 0) is 36.3 Å². The average Bonchev–Trinajstić information content (AvgIpc) is 2.96. The van der Waals surface area contributed by atoms with Gasteiger partial charge < -0.3 is 10.0 Å². The molecule has 1 fully saturated rings. The molecule has 1 N–H and O–H groups in total. The van der Waals surface area contributed by atoms with E-state index in [0.29, 0.717) is 0 Å². The molecule has 0 spiro atoms. The van der Waals surface area contributed by atoms with Crippen molar-refractivity contribution in [1.82, 2.24) is 4.90 Å². The van der Waals surface area contributed by atoms with Crippen LogP contribution in [0, 0.1) is 0 Å². The molecule has 0 unspecified atom stereocenters. The van der Waals surface area contributed by atoms with Crippen molar-refractivity contribution >= 4 is 17.2 Å². The van der Waals surface area contributed by atoms with Gasteiger partial charge in [-0.2, -0.15) is 0 Å². The quantitative estimate of drug-likeness (QED) is 0.875. The van der Waals surface area contributed by atoms with Crippen molar-refractivity contribution in [1.29, 1.82) is 0 Å². The van der Waals surface area contributed by atoms with Crippen LogP contribution in [0.1, 0.15) is 35.0 Å². The van der Waals surface area contributed by atoms with Crippen LogP contribution >= 0.6 is 11.3 Å². The number of carbonyl (C=O) groups is 1. The Hall–Kier alpha value is -0.870. The monoisotopic (exact) mass is 239 g/mol. The minimum atomic E-state index is 0.0271. The molecule has 1 aromatic rings. The highest BCUT2D eigenvalue weighted by molar-refractivity contribution is 7.12. The topological polar surface area (TPSA) is 40.5 Å². The van der Waals surface area contributed by atoms with Crippen LogP contribution in [0.2, 0.25) is 0 Å². The summed E-state index contributed by atoms with van der Waals surface area (Å²) < 4.78 is 0. The van der Waals surface area contributed by atoms with Crippen molar-refractivity contribution < 1.29 is 9.90 Å². The number of aryl methyl sites for hydroxylation is 1. The number of thiophene rings is 1. The van der Waals surface area contributed by atoms with Gasteiger partial charge in [-0.15, -0.1) is 11.3 Å². The number of nitrogens with zero attached hydrogens (tertiary/aromatic N) is 1. The third-order valence-corrected chi connectivity index (χ3v) is 4.12. The van der Waals surface area contributed by atoms with E-state index in [1.54, 1.807) is 0 Å². The molecule has 2 rings (SSSR count). The summed E-state index contributed by atoms with van der Waals surface area (Å²) in [5.74, 6) is 0.100. The van der Waals surface area contributed by atoms with Gasteiger partial charge >= 0.3 is 0 Å². The molecular weight excluding hydrogens is 222 g/mol. The van der Waals surface area contributed by atoms with Crippen molar-refractivity contribution in [3.63, 3.8) is 0 Å². The molecule has 3 nitrogen and oxygen atoms in total. The van der Waals surface area contributed by atoms with Crippen molar-refractivity contribution in [3.8, 4) is 0 Å². The van der Waals surface area contributed by atoms with E-state index >= 15 is 0 Å². The van der Waals surface area contributed by atoms with Crippen molar-refractivity contribution in [2.24, 2.45) is 0 Å². The largest absolute Gasteiger partial charge is 0.394 e. The lowest BCUT2D eigenvalue weighted by Gasteiger charge is -2.22. The first-order valence-corrected chi connectivity index (χ1v) is 6.64. The maximum atomic E-state index is 12.3. The Morgan fingerprint density at radius 2 is 2.50 bits per heavy atom. The van der Waals surface area contributed by atoms with Crippen LogP contribution in [0.25, 0.3) is 0 Å². The van der Waals surface area contributed by atoms with Gasteiger partial charge in [0.25, 0.3) is 5.91 Å². The van der Waals surface area contributed by atoms with Crippen LogP contribution in [0.5, 0.6) is 0 Å². The fourth-order valence-corrected chi connectivity index (χ4v) is 3.18. The number of aliphatic hydroxyl groups excluding tert-OH is 1. The van der Waals surface area contributed by atoms with Crippen LogP contribution in [0.3, 0.4) is 0 Å². The molecule has 0 bridgehead atoms. The lowest BCUT2D eigenvalue weighted by Crippen LogP contribution is -2.37. The van der Waals surface area contributed by atoms with Crippen molar-refractivity contribution in [3.05, 3.63) is 21.9 Å². The Bertz CT molecular complexity index is 375. The molecule has 0 aliphatic carbocycles. The Morgan fingerprint density at radius 1 is 1.69 bits per heavy atom. The minimum absolute atomic E-state index is 0.0271. The van der Waals surface area contributed by atoms with E-state index in [-0.39, 0.29) is 18.6 Å². The number of likely N-dealkylation sites (tertiary alicyclic amines) is 1. The fourth-order valence-electron chi connectivity index (χ4n) is 2.23. The molecular formula is C12H17NO2S. The molecule has 1 amide bonds. The third-order valence-electron chi connectivity index (χ3n) is 3.17. The molecule has 4 heteroatoms. The molecule has 1 aromatic heterocycles. The lowest BCUT2D eigenvalue weighted by atomic mass is 10.2. The molecule has 1 aliphatic rings. The zero-order chi connectivity index (χ0) is 11.5. The minimum Gasteiger partial charge on any atom is -0.394 e. The highest BCUT2D eigenvalue weighted by atomic mass is 32.1. The van der Waals surface area contributed by atoms with E-state index in [4.69, 9.17) is 0 Å². The fraction of sp³-hybridized carbons (Fsp3) is 0.583. The summed E-state index contributed by atoms with van der Waals surface area (Å²) in [7, 11) is 0. The van der Waals surface area contributed by atoms with Crippen LogP contribution in [0.15, 0.2) is 11.4 Å². The second-order valence-corrected chi connectivity index (χ2v) is 5.02. The van der Waals surface area contributed by atoms with Crippen LogP contribution < -0.4 is 0 Å². The van der Waals surface area contributed by atoms with Gasteiger partial charge in [-0.1, -0.05) is 6.92 Å². The summed E-state index contributed by atoms with van der Waals surface area (Å²) in [6.45, 7) is 2.93. The van der Waals surface area contributed by atoms with Gasteiger partial charge in [0.15, 0.2) is 0 Å². The number of carbonyl (C=O) groups excluding carboxylic acids is 1. The highest BCUT2D eigenvalue weighted by Crippen LogP contribution is 2.24. The van der Waals surface area contributed by atoms with Gasteiger partial charge in [-0.3, -0.25) is 4.79 Å². The Kier molecular flexibility index (Phi) is 3.61. The SMILES string of the molecule is CCc1ccsc1C(=O)N1CCC[C@H]1CO. The summed E-state index contributed by atoms with van der Waals surface area (Å²) >= 11 is 1.51. The van der Waals surface area contributed by atoms with Gasteiger partial charge in [0.2, 0.25) is 0 Å². The Labute approximate surface area is 99.7 Å². The van der Waals surface area contributed by atoms with E-state index in [9.17, 15) is 9.90 Å². The van der Waals surface area contributed by atoms with Gasteiger partial charge in [0.1, 0.15) is 0 Å². The Balaban J connectivity index is 2.18. The second kappa shape index (κ2) is 4.97. The standard InChI is InChI=1S/C12H17NO2S/c1-2-9-5-7-16-11(9)12(15)13-6-3-4-10(13)8-14/h5,7,10,14H,2-4,6,8H2,1H3/t10-/m0/s1. The number of rotatable bonds is 3. The molecule has 0 radical (unpaired) electrons. The first kappa shape index (κ1) is 11.6. The van der Waals surface area contributed by atoms with E-state index in [1.165, 1.54) is 11.3 Å². The predicted molar refractivity (Wildman–Crippen MR) is 64.8 cm³/mol. The summed E-state index contributed by atoms with van der Waals surface area (Å²) in [6, 6.07) is 2.04. The third kappa shape index (κ3) is 1.99. The summed E-state index contributed by atoms with van der Waals surface area (Å²) in [5.41, 5.74) is 1.12. The average molecular weight is 239 g/mol. The van der Waals surface area contributed by atoms with E-state index in [0.717, 1.165) is 36.2 Å². The van der Waals surface area contributed by atoms with Crippen molar-refractivity contribution in [2.45, 2.75) is 32.2 Å². The molecule has 1 aliphatic heterocycles. The summed E-state index contributed by atoms with van der Waals surface area (Å²) in [4.78, 5) is 15.0. The van der Waals surface area contributed by atoms with E-state index in [1.807, 2.05) is 16.3 Å². The first-order valence-electron chi connectivity index (χ1n) is 5.76. The number of hydrogen-bond acceptors (Lipinski definition) is 3. The molecule has 0 aromatic carbocycles. The normalized spacial score (nSPS) is 20.4. The van der Waals surface area contributed by atoms with E-state index in [2.05, 4.69) is 6.92 Å². The summed E-state index contributed by atoms with van der Waals surface area (Å²) in [6.07, 6.45) is 2.82. The molecule has 16 heavy (non-hydrogen) atoms. The highest BCUT2D eigenvalue weighted by Gasteiger charge is 2.30. The molecule has 88 valence electrons.